The summed E-state index contributed by atoms with van der Waals surface area (Å²) in [4.78, 5) is 32.3. The summed E-state index contributed by atoms with van der Waals surface area (Å²) in [5.41, 5.74) is 1.91. The van der Waals surface area contributed by atoms with Gasteiger partial charge in [0, 0.05) is 24.9 Å². The molecule has 0 bridgehead atoms. The average molecular weight is 547 g/mol. The lowest BCUT2D eigenvalue weighted by atomic mass is 9.92. The standard InChI is InChI=1S/C12H12F2O.C9H12N2O2.C9H18.C2H6/c1-7(9(3)15)4-10-5-11(13)6-12(14)8(10)2;10-6-7(2-4-12)5-8-1-3-11-9(8)13;1-5-7-8(6-2)9(7,3)4;1-2/h4-6H,1-3H3;4,7-8H,1-3,5H2,(H,11,13);7-8H,5-6H2,1-4H3;1-2H3/b7-4+;;;. The largest absolute Gasteiger partial charge is 0.356 e. The molecule has 0 spiro atoms. The normalized spacial score (nSPS) is 21.3. The Hall–Kier alpha value is -2.88. The first-order chi connectivity index (χ1) is 18.3. The van der Waals surface area contributed by atoms with Crippen LogP contribution in [0, 0.1) is 59.0 Å². The summed E-state index contributed by atoms with van der Waals surface area (Å²) in [6, 6.07) is 4.08. The molecular formula is C32H48F2N2O3. The van der Waals surface area contributed by atoms with E-state index in [0.717, 1.165) is 30.6 Å². The minimum atomic E-state index is -0.638. The first kappa shape index (κ1) is 36.1. The number of allylic oxidation sites excluding steroid dienone is 1. The molecule has 4 atom stereocenters. The second-order valence-corrected chi connectivity index (χ2v) is 10.6. The zero-order valence-corrected chi connectivity index (χ0v) is 25.3. The number of aldehydes is 1. The Bertz CT molecular complexity index is 1010. The van der Waals surface area contributed by atoms with E-state index in [1.54, 1.807) is 13.8 Å². The van der Waals surface area contributed by atoms with E-state index in [1.807, 2.05) is 19.9 Å². The first-order valence-electron chi connectivity index (χ1n) is 14.1. The van der Waals surface area contributed by atoms with Crippen LogP contribution in [0.25, 0.3) is 6.08 Å². The van der Waals surface area contributed by atoms with Crippen LogP contribution in [-0.4, -0.2) is 24.5 Å². The summed E-state index contributed by atoms with van der Waals surface area (Å²) >= 11 is 0. The molecule has 1 aliphatic heterocycles. The first-order valence-corrected chi connectivity index (χ1v) is 14.1. The molecule has 2 fully saturated rings. The second-order valence-electron chi connectivity index (χ2n) is 10.6. The highest BCUT2D eigenvalue weighted by molar-refractivity contribution is 5.97. The Balaban J connectivity index is 0.000000552. The molecule has 1 amide bonds. The lowest BCUT2D eigenvalue weighted by molar-refractivity contribution is -0.123. The van der Waals surface area contributed by atoms with E-state index in [2.05, 4.69) is 33.0 Å². The van der Waals surface area contributed by atoms with E-state index < -0.39 is 11.6 Å². The number of rotatable bonds is 8. The van der Waals surface area contributed by atoms with E-state index in [4.69, 9.17) is 5.26 Å². The van der Waals surface area contributed by atoms with Crippen molar-refractivity contribution in [3.63, 3.8) is 0 Å². The number of halogens is 2. The number of nitrogens with one attached hydrogen (secondary N) is 1. The summed E-state index contributed by atoms with van der Waals surface area (Å²) in [5, 5.41) is 11.4. The highest BCUT2D eigenvalue weighted by Gasteiger charge is 2.54. The number of benzene rings is 1. The van der Waals surface area contributed by atoms with Crippen molar-refractivity contribution in [2.75, 3.05) is 6.54 Å². The molecule has 218 valence electrons. The number of carbonyl (C=O) groups excluding carboxylic acids is 3. The molecule has 0 radical (unpaired) electrons. The van der Waals surface area contributed by atoms with Gasteiger partial charge in [-0.25, -0.2) is 8.78 Å². The molecule has 0 aromatic heterocycles. The summed E-state index contributed by atoms with van der Waals surface area (Å²) in [5.74, 6) is 0.365. The molecule has 1 saturated heterocycles. The number of Topliss-reactive ketones (excluding diaryl/α,β-unsaturated/α-hetero) is 1. The molecule has 1 saturated carbocycles. The summed E-state index contributed by atoms with van der Waals surface area (Å²) < 4.78 is 26.0. The lowest BCUT2D eigenvalue weighted by Gasteiger charge is -2.08. The van der Waals surface area contributed by atoms with E-state index in [9.17, 15) is 23.2 Å². The van der Waals surface area contributed by atoms with Gasteiger partial charge in [0.05, 0.1) is 12.0 Å². The molecule has 7 heteroatoms. The van der Waals surface area contributed by atoms with Gasteiger partial charge in [-0.05, 0) is 79.7 Å². The van der Waals surface area contributed by atoms with Gasteiger partial charge < -0.3 is 10.1 Å². The quantitative estimate of drug-likeness (QED) is 0.268. The van der Waals surface area contributed by atoms with Crippen molar-refractivity contribution in [3.05, 3.63) is 40.5 Å². The van der Waals surface area contributed by atoms with Gasteiger partial charge in [0.2, 0.25) is 5.91 Å². The SMILES string of the molecule is CC.CC(=O)/C(C)=C/c1cc(F)cc(F)c1C.CCC1C(CC)C1(C)C.N#CC(CC=O)CC1CCNC1=O. The molecule has 3 rings (SSSR count). The van der Waals surface area contributed by atoms with Crippen LogP contribution in [0.2, 0.25) is 0 Å². The van der Waals surface area contributed by atoms with Crippen molar-refractivity contribution < 1.29 is 23.2 Å². The predicted octanol–water partition coefficient (Wildman–Crippen LogP) is 7.61. The maximum atomic E-state index is 13.1. The third-order valence-corrected chi connectivity index (χ3v) is 7.74. The number of amides is 1. The smallest absolute Gasteiger partial charge is 0.223 e. The molecule has 1 aliphatic carbocycles. The average Bonchev–Trinajstić information content (AvgIpc) is 3.20. The molecular weight excluding hydrogens is 498 g/mol. The van der Waals surface area contributed by atoms with Gasteiger partial charge in [-0.2, -0.15) is 5.26 Å². The second kappa shape index (κ2) is 17.7. The zero-order chi connectivity index (χ0) is 30.3. The van der Waals surface area contributed by atoms with Crippen molar-refractivity contribution >= 4 is 24.1 Å². The van der Waals surface area contributed by atoms with Gasteiger partial charge in [0.25, 0.3) is 0 Å². The predicted molar refractivity (Wildman–Crippen MR) is 154 cm³/mol. The summed E-state index contributed by atoms with van der Waals surface area (Å²) in [6.07, 6.45) is 6.53. The molecule has 39 heavy (non-hydrogen) atoms. The van der Waals surface area contributed by atoms with Gasteiger partial charge in [-0.15, -0.1) is 0 Å². The van der Waals surface area contributed by atoms with Crippen LogP contribution < -0.4 is 5.32 Å². The van der Waals surface area contributed by atoms with Crippen LogP contribution in [0.4, 0.5) is 8.78 Å². The van der Waals surface area contributed by atoms with E-state index in [-0.39, 0.29) is 29.9 Å². The van der Waals surface area contributed by atoms with Crippen molar-refractivity contribution in [1.29, 1.82) is 5.26 Å². The van der Waals surface area contributed by atoms with Crippen LogP contribution in [0.1, 0.15) is 98.6 Å². The fourth-order valence-electron chi connectivity index (χ4n) is 5.16. The summed E-state index contributed by atoms with van der Waals surface area (Å²) in [7, 11) is 0. The Labute approximate surface area is 234 Å². The van der Waals surface area contributed by atoms with Gasteiger partial charge in [0.1, 0.15) is 17.9 Å². The minimum absolute atomic E-state index is 0.0196. The van der Waals surface area contributed by atoms with Crippen LogP contribution >= 0.6 is 0 Å². The highest BCUT2D eigenvalue weighted by atomic mass is 19.1. The Morgan fingerprint density at radius 2 is 1.74 bits per heavy atom. The fourth-order valence-corrected chi connectivity index (χ4v) is 5.16. The maximum absolute atomic E-state index is 13.1. The van der Waals surface area contributed by atoms with Crippen LogP contribution in [0.5, 0.6) is 0 Å². The Kier molecular flexibility index (Phi) is 16.4. The van der Waals surface area contributed by atoms with Crippen LogP contribution in [-0.2, 0) is 14.4 Å². The zero-order valence-electron chi connectivity index (χ0n) is 25.3. The molecule has 1 N–H and O–H groups in total. The number of ketones is 1. The van der Waals surface area contributed by atoms with Crippen molar-refractivity contribution in [2.45, 2.75) is 94.4 Å². The molecule has 1 aromatic carbocycles. The number of nitriles is 1. The third kappa shape index (κ3) is 11.4. The summed E-state index contributed by atoms with van der Waals surface area (Å²) in [6.45, 7) is 18.7. The lowest BCUT2D eigenvalue weighted by Crippen LogP contribution is -2.20. The number of carbonyl (C=O) groups is 3. The maximum Gasteiger partial charge on any atom is 0.223 e. The number of hydrogen-bond donors (Lipinski definition) is 1. The molecule has 1 aromatic rings. The highest BCUT2D eigenvalue weighted by Crippen LogP contribution is 2.61. The van der Waals surface area contributed by atoms with Crippen LogP contribution in [0.3, 0.4) is 0 Å². The Morgan fingerprint density at radius 3 is 2.13 bits per heavy atom. The number of nitrogens with zero attached hydrogens (tertiary/aromatic N) is 1. The van der Waals surface area contributed by atoms with Gasteiger partial charge in [0.15, 0.2) is 5.78 Å². The van der Waals surface area contributed by atoms with E-state index in [1.165, 1.54) is 31.9 Å². The monoisotopic (exact) mass is 546 g/mol. The number of hydrogen-bond acceptors (Lipinski definition) is 4. The van der Waals surface area contributed by atoms with Crippen LogP contribution in [0.15, 0.2) is 17.7 Å². The third-order valence-electron chi connectivity index (χ3n) is 7.74. The van der Waals surface area contributed by atoms with Gasteiger partial charge in [-0.1, -0.05) is 54.4 Å². The molecule has 5 nitrogen and oxygen atoms in total. The van der Waals surface area contributed by atoms with Gasteiger partial charge >= 0.3 is 0 Å². The Morgan fingerprint density at radius 1 is 1.18 bits per heavy atom. The minimum Gasteiger partial charge on any atom is -0.356 e. The fraction of sp³-hybridized carbons (Fsp3) is 0.625. The topological polar surface area (TPSA) is 87.0 Å². The molecule has 1 heterocycles. The van der Waals surface area contributed by atoms with Crippen molar-refractivity contribution in [3.8, 4) is 6.07 Å². The molecule has 4 unspecified atom stereocenters. The van der Waals surface area contributed by atoms with E-state index in [0.29, 0.717) is 35.1 Å². The van der Waals surface area contributed by atoms with Crippen molar-refractivity contribution in [2.24, 2.45) is 29.1 Å². The van der Waals surface area contributed by atoms with E-state index >= 15 is 0 Å². The van der Waals surface area contributed by atoms with Crippen molar-refractivity contribution in [1.82, 2.24) is 5.32 Å². The molecule has 2 aliphatic rings. The van der Waals surface area contributed by atoms with Gasteiger partial charge in [-0.3, -0.25) is 9.59 Å².